The van der Waals surface area contributed by atoms with Gasteiger partial charge in [0.25, 0.3) is 0 Å². The van der Waals surface area contributed by atoms with E-state index in [-0.39, 0.29) is 18.1 Å². The molecule has 0 saturated heterocycles. The van der Waals surface area contributed by atoms with Gasteiger partial charge >= 0.3 is 0 Å². The minimum absolute atomic E-state index is 0.0653. The number of aromatic nitrogens is 1. The molecule has 0 unspecified atom stereocenters. The molecule has 29 heavy (non-hydrogen) atoms. The van der Waals surface area contributed by atoms with Gasteiger partial charge in [0.1, 0.15) is 11.5 Å². The highest BCUT2D eigenvalue weighted by Crippen LogP contribution is 2.32. The molecule has 0 saturated carbocycles. The molecule has 0 spiro atoms. The Labute approximate surface area is 181 Å². The lowest BCUT2D eigenvalue weighted by molar-refractivity contribution is -0.115. The van der Waals surface area contributed by atoms with Gasteiger partial charge in [-0.05, 0) is 59.3 Å². The number of nitrogens with one attached hydrogen (secondary N) is 1. The highest BCUT2D eigenvalue weighted by Gasteiger charge is 2.14. The Morgan fingerprint density at radius 2 is 1.83 bits per heavy atom. The zero-order valence-corrected chi connectivity index (χ0v) is 18.5. The van der Waals surface area contributed by atoms with Gasteiger partial charge < -0.3 is 14.8 Å². The Balaban J connectivity index is 1.73. The molecule has 0 bridgehead atoms. The average Bonchev–Trinajstić information content (AvgIpc) is 3.16. The van der Waals surface area contributed by atoms with Gasteiger partial charge in [-0.3, -0.25) is 9.59 Å². The number of nitrogens with zero attached hydrogens (tertiary/aromatic N) is 1. The third kappa shape index (κ3) is 5.02. The molecule has 6 nitrogen and oxygen atoms in total. The molecule has 150 valence electrons. The zero-order chi connectivity index (χ0) is 21.0. The number of anilines is 1. The van der Waals surface area contributed by atoms with Gasteiger partial charge in [-0.1, -0.05) is 0 Å². The number of amides is 1. The van der Waals surface area contributed by atoms with Crippen LogP contribution in [0.5, 0.6) is 11.5 Å². The first-order valence-electron chi connectivity index (χ1n) is 8.68. The molecule has 1 N–H and O–H groups in total. The molecule has 3 rings (SSSR count). The highest BCUT2D eigenvalue weighted by atomic mass is 79.9. The summed E-state index contributed by atoms with van der Waals surface area (Å²) in [4.78, 5) is 28.6. The van der Waals surface area contributed by atoms with E-state index in [2.05, 4.69) is 26.2 Å². The van der Waals surface area contributed by atoms with E-state index in [1.54, 1.807) is 25.3 Å². The molecule has 1 aromatic heterocycles. The third-order valence-electron chi connectivity index (χ3n) is 4.24. The molecule has 1 amide bonds. The fraction of sp³-hybridized carbons (Fsp3) is 0.190. The number of hydrogen-bond acceptors (Lipinski definition) is 6. The third-order valence-corrected chi connectivity index (χ3v) is 5.61. The van der Waals surface area contributed by atoms with E-state index in [9.17, 15) is 9.59 Å². The normalized spacial score (nSPS) is 10.5. The van der Waals surface area contributed by atoms with E-state index >= 15 is 0 Å². The van der Waals surface area contributed by atoms with Gasteiger partial charge in [0.05, 0.1) is 30.8 Å². The van der Waals surface area contributed by atoms with Gasteiger partial charge in [-0.2, -0.15) is 0 Å². The topological polar surface area (TPSA) is 77.5 Å². The Morgan fingerprint density at radius 1 is 1.10 bits per heavy atom. The van der Waals surface area contributed by atoms with Crippen molar-refractivity contribution >= 4 is 44.1 Å². The molecule has 0 aliphatic heterocycles. The minimum Gasteiger partial charge on any atom is -0.496 e. The molecular formula is C21H19BrN2O4S. The quantitative estimate of drug-likeness (QED) is 0.488. The first kappa shape index (κ1) is 21.0. The van der Waals surface area contributed by atoms with Crippen LogP contribution in [0.15, 0.2) is 46.3 Å². The molecule has 0 radical (unpaired) electrons. The second-order valence-electron chi connectivity index (χ2n) is 6.19. The smallest absolute Gasteiger partial charge is 0.230 e. The number of thiazole rings is 1. The Bertz CT molecular complexity index is 1060. The van der Waals surface area contributed by atoms with E-state index in [0.717, 1.165) is 21.5 Å². The van der Waals surface area contributed by atoms with Crippen LogP contribution in [0.2, 0.25) is 0 Å². The van der Waals surface area contributed by atoms with Crippen LogP contribution in [0.25, 0.3) is 11.3 Å². The summed E-state index contributed by atoms with van der Waals surface area (Å²) < 4.78 is 11.4. The van der Waals surface area contributed by atoms with E-state index in [0.29, 0.717) is 22.0 Å². The summed E-state index contributed by atoms with van der Waals surface area (Å²) in [6.45, 7) is 1.49. The fourth-order valence-corrected chi connectivity index (χ4v) is 4.04. The van der Waals surface area contributed by atoms with Crippen molar-refractivity contribution in [3.63, 3.8) is 0 Å². The maximum absolute atomic E-state index is 12.5. The Kier molecular flexibility index (Phi) is 6.66. The van der Waals surface area contributed by atoms with Crippen LogP contribution in [0.3, 0.4) is 0 Å². The van der Waals surface area contributed by atoms with Gasteiger partial charge in [0, 0.05) is 22.1 Å². The molecule has 1 heterocycles. The summed E-state index contributed by atoms with van der Waals surface area (Å²) in [5.74, 6) is 0.998. The van der Waals surface area contributed by atoms with E-state index < -0.39 is 0 Å². The van der Waals surface area contributed by atoms with Gasteiger partial charge in [-0.25, -0.2) is 4.98 Å². The predicted octanol–water partition coefficient (Wildman–Crippen LogP) is 4.97. The maximum atomic E-state index is 12.5. The number of ether oxygens (including phenoxy) is 2. The number of carbonyl (C=O) groups is 2. The molecule has 3 aromatic rings. The Hall–Kier alpha value is -2.71. The van der Waals surface area contributed by atoms with Crippen LogP contribution >= 0.6 is 27.3 Å². The number of hydrogen-bond donors (Lipinski definition) is 1. The first-order valence-corrected chi connectivity index (χ1v) is 10.4. The van der Waals surface area contributed by atoms with Gasteiger partial charge in [0.15, 0.2) is 10.9 Å². The van der Waals surface area contributed by atoms with Crippen LogP contribution in [-0.4, -0.2) is 30.9 Å². The molecule has 0 fully saturated rings. The predicted molar refractivity (Wildman–Crippen MR) is 117 cm³/mol. The van der Waals surface area contributed by atoms with Crippen molar-refractivity contribution in [3.8, 4) is 22.8 Å². The minimum atomic E-state index is -0.235. The van der Waals surface area contributed by atoms with E-state index in [1.165, 1.54) is 25.4 Å². The largest absolute Gasteiger partial charge is 0.496 e. The summed E-state index contributed by atoms with van der Waals surface area (Å²) in [6.07, 6.45) is 0.0767. The molecule has 0 aliphatic carbocycles. The fourth-order valence-electron chi connectivity index (χ4n) is 2.76. The second kappa shape index (κ2) is 9.19. The average molecular weight is 475 g/mol. The van der Waals surface area contributed by atoms with Crippen molar-refractivity contribution < 1.29 is 19.1 Å². The van der Waals surface area contributed by atoms with E-state index in [4.69, 9.17) is 9.47 Å². The van der Waals surface area contributed by atoms with Crippen molar-refractivity contribution in [2.75, 3.05) is 19.5 Å². The summed E-state index contributed by atoms with van der Waals surface area (Å²) in [5, 5.41) is 5.18. The van der Waals surface area contributed by atoms with Gasteiger partial charge in [-0.15, -0.1) is 11.3 Å². The summed E-state index contributed by atoms with van der Waals surface area (Å²) >= 11 is 4.81. The standard InChI is InChI=1S/C21H19BrN2O4S/c1-12(25)13-4-6-18(27-2)15(8-13)10-20(26)24-21-23-17(11-29-21)14-5-7-19(28-3)16(22)9-14/h4-9,11H,10H2,1-3H3,(H,23,24,26). The van der Waals surface area contributed by atoms with Crippen LogP contribution in [-0.2, 0) is 11.2 Å². The molecular weight excluding hydrogens is 456 g/mol. The van der Waals surface area contributed by atoms with Crippen molar-refractivity contribution in [2.45, 2.75) is 13.3 Å². The summed E-state index contributed by atoms with van der Waals surface area (Å²) in [6, 6.07) is 10.7. The van der Waals surface area contributed by atoms with Gasteiger partial charge in [0.2, 0.25) is 5.91 Å². The number of carbonyl (C=O) groups excluding carboxylic acids is 2. The molecule has 8 heteroatoms. The maximum Gasteiger partial charge on any atom is 0.230 e. The van der Waals surface area contributed by atoms with Crippen LogP contribution < -0.4 is 14.8 Å². The number of Topliss-reactive ketones (excluding diaryl/α,β-unsaturated/α-hetero) is 1. The lowest BCUT2D eigenvalue weighted by Crippen LogP contribution is -2.15. The number of halogens is 1. The number of benzene rings is 2. The van der Waals surface area contributed by atoms with Crippen LogP contribution in [0.1, 0.15) is 22.8 Å². The highest BCUT2D eigenvalue weighted by molar-refractivity contribution is 9.10. The first-order chi connectivity index (χ1) is 13.9. The van der Waals surface area contributed by atoms with E-state index in [1.807, 2.05) is 23.6 Å². The van der Waals surface area contributed by atoms with Crippen LogP contribution in [0, 0.1) is 0 Å². The SMILES string of the molecule is COc1ccc(-c2csc(NC(=O)Cc3cc(C(C)=O)ccc3OC)n2)cc1Br. The second-order valence-corrected chi connectivity index (χ2v) is 7.91. The molecule has 2 aromatic carbocycles. The molecule has 0 atom stereocenters. The number of methoxy groups -OCH3 is 2. The Morgan fingerprint density at radius 3 is 2.48 bits per heavy atom. The van der Waals surface area contributed by atoms with Crippen LogP contribution in [0.4, 0.5) is 5.13 Å². The van der Waals surface area contributed by atoms with Crippen molar-refractivity contribution in [2.24, 2.45) is 0 Å². The molecule has 0 aliphatic rings. The summed E-state index contributed by atoms with van der Waals surface area (Å²) in [7, 11) is 3.14. The number of rotatable bonds is 7. The number of ketones is 1. The van der Waals surface area contributed by atoms with Crippen molar-refractivity contribution in [1.82, 2.24) is 4.98 Å². The lowest BCUT2D eigenvalue weighted by atomic mass is 10.0. The zero-order valence-electron chi connectivity index (χ0n) is 16.1. The van der Waals surface area contributed by atoms with Crippen molar-refractivity contribution in [3.05, 3.63) is 57.4 Å². The summed E-state index contributed by atoms with van der Waals surface area (Å²) in [5.41, 5.74) is 2.85. The van der Waals surface area contributed by atoms with Crippen molar-refractivity contribution in [1.29, 1.82) is 0 Å². The lowest BCUT2D eigenvalue weighted by Gasteiger charge is -2.09. The monoisotopic (exact) mass is 474 g/mol.